The molecule has 1 saturated heterocycles. The number of anilines is 1. The van der Waals surface area contributed by atoms with Crippen LogP contribution in [0.1, 0.15) is 27.8 Å². The van der Waals surface area contributed by atoms with Crippen molar-refractivity contribution in [3.05, 3.63) is 91.4 Å². The average Bonchev–Trinajstić information content (AvgIpc) is 2.82. The van der Waals surface area contributed by atoms with E-state index in [-0.39, 0.29) is 5.57 Å². The van der Waals surface area contributed by atoms with Gasteiger partial charge in [0.15, 0.2) is 11.5 Å². The van der Waals surface area contributed by atoms with Gasteiger partial charge in [0.2, 0.25) is 0 Å². The van der Waals surface area contributed by atoms with Crippen LogP contribution in [0.15, 0.2) is 58.6 Å². The highest BCUT2D eigenvalue weighted by Crippen LogP contribution is 2.38. The summed E-state index contributed by atoms with van der Waals surface area (Å²) in [6, 6.07) is 13.6. The third-order valence-corrected chi connectivity index (χ3v) is 6.57. The second kappa shape index (κ2) is 10.8. The molecular formula is C28H24BrClN2O5. The van der Waals surface area contributed by atoms with Crippen LogP contribution in [0, 0.1) is 20.8 Å². The van der Waals surface area contributed by atoms with Crippen LogP contribution in [0.2, 0.25) is 5.02 Å². The van der Waals surface area contributed by atoms with E-state index in [1.54, 1.807) is 31.2 Å². The van der Waals surface area contributed by atoms with Gasteiger partial charge in [-0.3, -0.25) is 14.9 Å². The van der Waals surface area contributed by atoms with Crippen LogP contribution in [0.3, 0.4) is 0 Å². The van der Waals surface area contributed by atoms with Gasteiger partial charge in [-0.15, -0.1) is 0 Å². The Labute approximate surface area is 228 Å². The van der Waals surface area contributed by atoms with Crippen LogP contribution < -0.4 is 19.7 Å². The Balaban J connectivity index is 1.66. The third kappa shape index (κ3) is 5.70. The van der Waals surface area contributed by atoms with E-state index in [9.17, 15) is 14.4 Å². The molecule has 1 aliphatic heterocycles. The minimum Gasteiger partial charge on any atom is -0.493 e. The fourth-order valence-corrected chi connectivity index (χ4v) is 4.88. The number of benzene rings is 3. The summed E-state index contributed by atoms with van der Waals surface area (Å²) in [5.74, 6) is -0.664. The number of halogens is 2. The second-order valence-electron chi connectivity index (χ2n) is 8.71. The number of nitrogens with one attached hydrogen (secondary N) is 1. The van der Waals surface area contributed by atoms with Crippen LogP contribution in [0.5, 0.6) is 11.5 Å². The number of aryl methyl sites for hydroxylation is 3. The zero-order valence-electron chi connectivity index (χ0n) is 20.6. The molecule has 0 unspecified atom stereocenters. The fraction of sp³-hybridized carbons (Fsp3) is 0.179. The summed E-state index contributed by atoms with van der Waals surface area (Å²) in [6.07, 6.45) is 1.40. The van der Waals surface area contributed by atoms with Crippen molar-refractivity contribution >= 4 is 57.1 Å². The molecule has 4 rings (SSSR count). The minimum atomic E-state index is -0.841. The number of ether oxygens (including phenoxy) is 2. The van der Waals surface area contributed by atoms with E-state index in [0.29, 0.717) is 44.4 Å². The highest BCUT2D eigenvalue weighted by molar-refractivity contribution is 9.10. The molecule has 0 bridgehead atoms. The summed E-state index contributed by atoms with van der Waals surface area (Å²) in [7, 11) is 1.50. The maximum Gasteiger partial charge on any atom is 0.335 e. The standard InChI is InChI=1S/C28H24BrClN2O5/c1-15-7-16(2)9-19(8-15)14-37-25-22(29)11-18(12-24(25)36-4)10-21-26(33)31-28(35)32(27(21)34)23-13-20(30)6-5-17(23)3/h5-13H,14H2,1-4H3,(H,31,33,35)/b21-10+. The van der Waals surface area contributed by atoms with Gasteiger partial charge in [0.1, 0.15) is 12.2 Å². The molecule has 1 aliphatic rings. The maximum absolute atomic E-state index is 13.3. The third-order valence-electron chi connectivity index (χ3n) is 5.74. The van der Waals surface area contributed by atoms with Gasteiger partial charge in [-0.25, -0.2) is 9.69 Å². The minimum absolute atomic E-state index is 0.211. The van der Waals surface area contributed by atoms with Crippen molar-refractivity contribution in [3.63, 3.8) is 0 Å². The molecule has 1 heterocycles. The Bertz CT molecular complexity index is 1450. The van der Waals surface area contributed by atoms with Gasteiger partial charge >= 0.3 is 6.03 Å². The summed E-state index contributed by atoms with van der Waals surface area (Å²) in [4.78, 5) is 39.4. The number of amides is 4. The predicted octanol–water partition coefficient (Wildman–Crippen LogP) is 6.28. The molecule has 1 N–H and O–H groups in total. The van der Waals surface area contributed by atoms with E-state index in [1.165, 1.54) is 19.3 Å². The summed E-state index contributed by atoms with van der Waals surface area (Å²) in [5, 5.41) is 2.58. The van der Waals surface area contributed by atoms with Crippen molar-refractivity contribution in [2.75, 3.05) is 12.0 Å². The van der Waals surface area contributed by atoms with Gasteiger partial charge in [0.05, 0.1) is 17.3 Å². The molecule has 1 fully saturated rings. The number of hydrogen-bond acceptors (Lipinski definition) is 5. The van der Waals surface area contributed by atoms with E-state index in [2.05, 4.69) is 27.3 Å². The molecule has 0 spiro atoms. The highest BCUT2D eigenvalue weighted by Gasteiger charge is 2.37. The number of urea groups is 1. The van der Waals surface area contributed by atoms with Gasteiger partial charge < -0.3 is 9.47 Å². The Kier molecular flexibility index (Phi) is 7.71. The van der Waals surface area contributed by atoms with Crippen LogP contribution in [-0.2, 0) is 16.2 Å². The zero-order chi connectivity index (χ0) is 26.9. The molecule has 3 aromatic carbocycles. The molecule has 9 heteroatoms. The smallest absolute Gasteiger partial charge is 0.335 e. The molecular weight excluding hydrogens is 560 g/mol. The van der Waals surface area contributed by atoms with E-state index in [0.717, 1.165) is 21.6 Å². The Morgan fingerprint density at radius 3 is 2.38 bits per heavy atom. The monoisotopic (exact) mass is 582 g/mol. The highest BCUT2D eigenvalue weighted by atomic mass is 79.9. The summed E-state index contributed by atoms with van der Waals surface area (Å²) in [6.45, 7) is 6.13. The molecule has 190 valence electrons. The average molecular weight is 584 g/mol. The number of carbonyl (C=O) groups is 3. The Morgan fingerprint density at radius 1 is 1.00 bits per heavy atom. The number of imide groups is 2. The number of nitrogens with zero attached hydrogens (tertiary/aromatic N) is 1. The molecule has 0 saturated carbocycles. The summed E-state index contributed by atoms with van der Waals surface area (Å²) < 4.78 is 12.2. The quantitative estimate of drug-likeness (QED) is 0.273. The molecule has 0 aliphatic carbocycles. The lowest BCUT2D eigenvalue weighted by Crippen LogP contribution is -2.54. The first-order valence-corrected chi connectivity index (χ1v) is 12.5. The molecule has 3 aromatic rings. The first kappa shape index (κ1) is 26.4. The summed E-state index contributed by atoms with van der Waals surface area (Å²) in [5.41, 5.74) is 4.53. The van der Waals surface area contributed by atoms with E-state index in [1.807, 2.05) is 26.0 Å². The Hall–Kier alpha value is -3.62. The van der Waals surface area contributed by atoms with E-state index < -0.39 is 17.8 Å². The first-order chi connectivity index (χ1) is 17.6. The lowest BCUT2D eigenvalue weighted by Gasteiger charge is -2.27. The largest absolute Gasteiger partial charge is 0.493 e. The van der Waals surface area contributed by atoms with Crippen LogP contribution in [-0.4, -0.2) is 25.0 Å². The van der Waals surface area contributed by atoms with Crippen molar-refractivity contribution in [2.24, 2.45) is 0 Å². The van der Waals surface area contributed by atoms with Gasteiger partial charge in [0, 0.05) is 5.02 Å². The number of methoxy groups -OCH3 is 1. The fourth-order valence-electron chi connectivity index (χ4n) is 4.14. The summed E-state index contributed by atoms with van der Waals surface area (Å²) >= 11 is 9.60. The van der Waals surface area contributed by atoms with Gasteiger partial charge in [-0.1, -0.05) is 47.0 Å². The second-order valence-corrected chi connectivity index (χ2v) is 10.00. The number of hydrogen-bond donors (Lipinski definition) is 1. The van der Waals surface area contributed by atoms with Crippen molar-refractivity contribution in [3.8, 4) is 11.5 Å². The van der Waals surface area contributed by atoms with E-state index in [4.69, 9.17) is 21.1 Å². The van der Waals surface area contributed by atoms with Gasteiger partial charge in [0.25, 0.3) is 11.8 Å². The first-order valence-electron chi connectivity index (χ1n) is 11.3. The Morgan fingerprint density at radius 2 is 1.70 bits per heavy atom. The number of barbiturate groups is 1. The lowest BCUT2D eigenvalue weighted by atomic mass is 10.1. The zero-order valence-corrected chi connectivity index (χ0v) is 23.0. The van der Waals surface area contributed by atoms with Crippen LogP contribution >= 0.6 is 27.5 Å². The predicted molar refractivity (Wildman–Crippen MR) is 146 cm³/mol. The van der Waals surface area contributed by atoms with Gasteiger partial charge in [-0.05, 0) is 83.7 Å². The molecule has 4 amide bonds. The maximum atomic E-state index is 13.3. The van der Waals surface area contributed by atoms with Crippen molar-refractivity contribution < 1.29 is 23.9 Å². The number of rotatable bonds is 6. The molecule has 0 radical (unpaired) electrons. The lowest BCUT2D eigenvalue weighted by molar-refractivity contribution is -0.122. The van der Waals surface area contributed by atoms with Crippen molar-refractivity contribution in [1.29, 1.82) is 0 Å². The molecule has 7 nitrogen and oxygen atoms in total. The van der Waals surface area contributed by atoms with E-state index >= 15 is 0 Å². The normalized spacial score (nSPS) is 14.7. The van der Waals surface area contributed by atoms with Crippen molar-refractivity contribution in [2.45, 2.75) is 27.4 Å². The van der Waals surface area contributed by atoms with Crippen molar-refractivity contribution in [1.82, 2.24) is 5.32 Å². The molecule has 0 atom stereocenters. The van der Waals surface area contributed by atoms with Gasteiger partial charge in [-0.2, -0.15) is 0 Å². The topological polar surface area (TPSA) is 84.9 Å². The molecule has 0 aromatic heterocycles. The number of carbonyl (C=O) groups excluding carboxylic acids is 3. The van der Waals surface area contributed by atoms with Crippen LogP contribution in [0.25, 0.3) is 6.08 Å². The van der Waals surface area contributed by atoms with Crippen LogP contribution in [0.4, 0.5) is 10.5 Å². The SMILES string of the molecule is COc1cc(/C=C2\C(=O)NC(=O)N(c3cc(Cl)ccc3C)C2=O)cc(Br)c1OCc1cc(C)cc(C)c1. The molecule has 37 heavy (non-hydrogen) atoms.